The third-order valence-corrected chi connectivity index (χ3v) is 3.60. The van der Waals surface area contributed by atoms with Gasteiger partial charge in [0.2, 0.25) is 0 Å². The summed E-state index contributed by atoms with van der Waals surface area (Å²) in [6.45, 7) is 0. The number of benzene rings is 1. The van der Waals surface area contributed by atoms with Crippen molar-refractivity contribution in [3.8, 4) is 11.3 Å². The van der Waals surface area contributed by atoms with Gasteiger partial charge in [-0.1, -0.05) is 23.7 Å². The Kier molecular flexibility index (Phi) is 3.19. The normalized spacial score (nSPS) is 10.9. The summed E-state index contributed by atoms with van der Waals surface area (Å²) in [6, 6.07) is 8.52. The highest BCUT2D eigenvalue weighted by Gasteiger charge is 2.15. The monoisotopic (exact) mass is 351 g/mol. The number of carboxylic acid groups (broad SMARTS) is 1. The van der Waals surface area contributed by atoms with Crippen LogP contribution in [0.2, 0.25) is 5.02 Å². The second-order valence-electron chi connectivity index (χ2n) is 4.07. The highest BCUT2D eigenvalue weighted by atomic mass is 79.9. The van der Waals surface area contributed by atoms with Gasteiger partial charge in [-0.05, 0) is 34.1 Å². The van der Waals surface area contributed by atoms with Crippen LogP contribution in [0.1, 0.15) is 10.5 Å². The Morgan fingerprint density at radius 1 is 1.30 bits per heavy atom. The molecule has 5 nitrogen and oxygen atoms in total. The second-order valence-corrected chi connectivity index (χ2v) is 5.36. The first-order valence-electron chi connectivity index (χ1n) is 5.60. The van der Waals surface area contributed by atoms with Crippen LogP contribution < -0.4 is 0 Å². The zero-order valence-electron chi connectivity index (χ0n) is 9.92. The first-order valence-corrected chi connectivity index (χ1v) is 6.77. The molecule has 3 rings (SSSR count). The lowest BCUT2D eigenvalue weighted by Gasteiger charge is -2.05. The zero-order valence-corrected chi connectivity index (χ0v) is 12.3. The molecule has 3 aromatic rings. The molecule has 0 bridgehead atoms. The molecule has 0 atom stereocenters. The molecule has 100 valence electrons. The Morgan fingerprint density at radius 2 is 2.00 bits per heavy atom. The van der Waals surface area contributed by atoms with E-state index in [9.17, 15) is 9.90 Å². The van der Waals surface area contributed by atoms with Gasteiger partial charge in [0.1, 0.15) is 0 Å². The number of aromatic carboxylic acids is 1. The van der Waals surface area contributed by atoms with Crippen molar-refractivity contribution in [2.24, 2.45) is 0 Å². The molecule has 0 amide bonds. The second kappa shape index (κ2) is 4.88. The molecule has 0 aliphatic rings. The number of halogens is 2. The van der Waals surface area contributed by atoms with Gasteiger partial charge in [-0.25, -0.2) is 14.3 Å². The molecule has 0 radical (unpaired) electrons. The number of hydrogen-bond acceptors (Lipinski definition) is 3. The summed E-state index contributed by atoms with van der Waals surface area (Å²) >= 11 is 9.16. The minimum absolute atomic E-state index is 0.0469. The molecule has 2 aromatic heterocycles. The molecule has 7 heteroatoms. The predicted octanol–water partition coefficient (Wildman–Crippen LogP) is 3.51. The number of fused-ring (bicyclic) bond motifs is 1. The molecule has 0 spiro atoms. The highest BCUT2D eigenvalue weighted by molar-refractivity contribution is 9.10. The van der Waals surface area contributed by atoms with E-state index in [4.69, 9.17) is 11.6 Å². The molecule has 0 fully saturated rings. The van der Waals surface area contributed by atoms with E-state index < -0.39 is 5.97 Å². The maximum absolute atomic E-state index is 11.3. The Bertz CT molecular complexity index is 814. The van der Waals surface area contributed by atoms with E-state index in [1.54, 1.807) is 24.3 Å². The molecule has 0 saturated heterocycles. The van der Waals surface area contributed by atoms with Crippen molar-refractivity contribution in [3.05, 3.63) is 51.7 Å². The Balaban J connectivity index is 2.28. The number of rotatable bonds is 2. The fraction of sp³-hybridized carbons (Fsp3) is 0. The third-order valence-electron chi connectivity index (χ3n) is 2.79. The van der Waals surface area contributed by atoms with Crippen molar-refractivity contribution in [3.63, 3.8) is 0 Å². The molecule has 0 aliphatic heterocycles. The summed E-state index contributed by atoms with van der Waals surface area (Å²) in [4.78, 5) is 15.8. The van der Waals surface area contributed by atoms with E-state index >= 15 is 0 Å². The molecular formula is C13H7BrClN3O2. The van der Waals surface area contributed by atoms with Crippen molar-refractivity contribution >= 4 is 39.1 Å². The van der Waals surface area contributed by atoms with Crippen LogP contribution in [0, 0.1) is 0 Å². The lowest BCUT2D eigenvalue weighted by molar-refractivity contribution is 0.0687. The molecular weight excluding hydrogens is 346 g/mol. The summed E-state index contributed by atoms with van der Waals surface area (Å²) in [7, 11) is 0. The fourth-order valence-electron chi connectivity index (χ4n) is 1.86. The number of hydrogen-bond donors (Lipinski definition) is 1. The summed E-state index contributed by atoms with van der Waals surface area (Å²) in [5.74, 6) is -1.07. The van der Waals surface area contributed by atoms with Crippen molar-refractivity contribution < 1.29 is 9.90 Å². The summed E-state index contributed by atoms with van der Waals surface area (Å²) in [6.07, 6.45) is 1.51. The molecule has 1 aromatic carbocycles. The third kappa shape index (κ3) is 2.17. The predicted molar refractivity (Wildman–Crippen MR) is 78.1 cm³/mol. The van der Waals surface area contributed by atoms with Gasteiger partial charge in [0.15, 0.2) is 11.3 Å². The van der Waals surface area contributed by atoms with Gasteiger partial charge in [-0.2, -0.15) is 5.10 Å². The van der Waals surface area contributed by atoms with E-state index in [2.05, 4.69) is 26.0 Å². The van der Waals surface area contributed by atoms with Gasteiger partial charge < -0.3 is 5.11 Å². The number of carboxylic acids is 1. The minimum Gasteiger partial charge on any atom is -0.477 e. The Hall–Kier alpha value is -1.92. The highest BCUT2D eigenvalue weighted by Crippen LogP contribution is 2.24. The quantitative estimate of drug-likeness (QED) is 0.766. The number of aromatic nitrogens is 3. The van der Waals surface area contributed by atoms with E-state index in [1.165, 1.54) is 16.8 Å². The Labute approximate surface area is 127 Å². The fourth-order valence-corrected chi connectivity index (χ4v) is 2.33. The van der Waals surface area contributed by atoms with E-state index in [0.29, 0.717) is 20.8 Å². The van der Waals surface area contributed by atoms with Crippen LogP contribution in [-0.2, 0) is 0 Å². The van der Waals surface area contributed by atoms with Crippen molar-refractivity contribution in [1.82, 2.24) is 14.6 Å². The average molecular weight is 353 g/mol. The topological polar surface area (TPSA) is 67.5 Å². The molecule has 0 aliphatic carbocycles. The molecule has 1 N–H and O–H groups in total. The summed E-state index contributed by atoms with van der Waals surface area (Å²) in [5, 5.41) is 13.9. The number of carbonyl (C=O) groups is 1. The van der Waals surface area contributed by atoms with Crippen LogP contribution in [-0.4, -0.2) is 25.7 Å². The van der Waals surface area contributed by atoms with Crippen molar-refractivity contribution in [2.45, 2.75) is 0 Å². The van der Waals surface area contributed by atoms with Crippen LogP contribution >= 0.6 is 27.5 Å². The van der Waals surface area contributed by atoms with Gasteiger partial charge in [-0.3, -0.25) is 0 Å². The van der Waals surface area contributed by atoms with Crippen molar-refractivity contribution in [1.29, 1.82) is 0 Å². The number of nitrogens with zero attached hydrogens (tertiary/aromatic N) is 3. The molecule has 20 heavy (non-hydrogen) atoms. The van der Waals surface area contributed by atoms with E-state index in [0.717, 1.165) is 5.56 Å². The van der Waals surface area contributed by atoms with Crippen LogP contribution in [0.5, 0.6) is 0 Å². The molecule has 0 saturated carbocycles. The van der Waals surface area contributed by atoms with Gasteiger partial charge in [0, 0.05) is 10.6 Å². The SMILES string of the molecule is O=C(O)c1cc(-c2ccc(Cl)cc2)nc2c(Br)cnn12. The first-order chi connectivity index (χ1) is 9.56. The van der Waals surface area contributed by atoms with Crippen LogP contribution in [0.25, 0.3) is 16.9 Å². The summed E-state index contributed by atoms with van der Waals surface area (Å²) < 4.78 is 1.92. The van der Waals surface area contributed by atoms with Crippen LogP contribution in [0.4, 0.5) is 0 Å². The largest absolute Gasteiger partial charge is 0.477 e. The van der Waals surface area contributed by atoms with E-state index in [1.807, 2.05) is 0 Å². The smallest absolute Gasteiger partial charge is 0.354 e. The van der Waals surface area contributed by atoms with Crippen molar-refractivity contribution in [2.75, 3.05) is 0 Å². The van der Waals surface area contributed by atoms with Gasteiger partial charge in [-0.15, -0.1) is 0 Å². The molecule has 2 heterocycles. The average Bonchev–Trinajstić information content (AvgIpc) is 2.80. The maximum atomic E-state index is 11.3. The maximum Gasteiger partial charge on any atom is 0.354 e. The van der Waals surface area contributed by atoms with E-state index in [-0.39, 0.29) is 5.69 Å². The molecule has 0 unspecified atom stereocenters. The summed E-state index contributed by atoms with van der Waals surface area (Å²) in [5.41, 5.74) is 1.83. The first kappa shape index (κ1) is 13.1. The van der Waals surface area contributed by atoms with Gasteiger partial charge in [0.25, 0.3) is 0 Å². The minimum atomic E-state index is -1.07. The van der Waals surface area contributed by atoms with Gasteiger partial charge in [0.05, 0.1) is 16.4 Å². The van der Waals surface area contributed by atoms with Gasteiger partial charge >= 0.3 is 5.97 Å². The zero-order chi connectivity index (χ0) is 14.3. The lowest BCUT2D eigenvalue weighted by Crippen LogP contribution is -2.08. The van der Waals surface area contributed by atoms with Crippen LogP contribution in [0.3, 0.4) is 0 Å². The lowest BCUT2D eigenvalue weighted by atomic mass is 10.1. The van der Waals surface area contributed by atoms with Crippen LogP contribution in [0.15, 0.2) is 41.0 Å². The standard InChI is InChI=1S/C13H7BrClN3O2/c14-9-6-16-18-11(13(19)20)5-10(17-12(9)18)7-1-3-8(15)4-2-7/h1-6H,(H,19,20). The Morgan fingerprint density at radius 3 is 2.65 bits per heavy atom.